The van der Waals surface area contributed by atoms with Gasteiger partial charge in [0.25, 0.3) is 0 Å². The molecule has 21 heavy (non-hydrogen) atoms. The van der Waals surface area contributed by atoms with Crippen molar-refractivity contribution in [2.24, 2.45) is 0 Å². The lowest BCUT2D eigenvalue weighted by Gasteiger charge is -2.19. The largest absolute Gasteiger partial charge is 0.307 e. The molecule has 0 aliphatic rings. The number of halogens is 1. The molecule has 0 saturated heterocycles. The molecule has 0 amide bonds. The average Bonchev–Trinajstić information content (AvgIpc) is 2.52. The summed E-state index contributed by atoms with van der Waals surface area (Å²) in [5, 5.41) is 6.85. The summed E-state index contributed by atoms with van der Waals surface area (Å²) in [6.07, 6.45) is 0. The number of nitrogens with one attached hydrogen (secondary N) is 1. The number of fused-ring (bicyclic) bond motifs is 1. The van der Waals surface area contributed by atoms with E-state index in [1.807, 2.05) is 18.2 Å². The van der Waals surface area contributed by atoms with Crippen LogP contribution in [0.2, 0.25) is 5.02 Å². The van der Waals surface area contributed by atoms with Crippen molar-refractivity contribution in [2.45, 2.75) is 13.0 Å². The first kappa shape index (κ1) is 14.1. The Morgan fingerprint density at radius 3 is 2.38 bits per heavy atom. The van der Waals surface area contributed by atoms with Gasteiger partial charge in [-0.3, -0.25) is 0 Å². The Labute approximate surface area is 130 Å². The fourth-order valence-electron chi connectivity index (χ4n) is 2.71. The summed E-state index contributed by atoms with van der Waals surface area (Å²) in [6, 6.07) is 23.3. The van der Waals surface area contributed by atoms with Crippen molar-refractivity contribution in [2.75, 3.05) is 6.54 Å². The highest BCUT2D eigenvalue weighted by Crippen LogP contribution is 2.27. The van der Waals surface area contributed by atoms with E-state index in [4.69, 9.17) is 11.6 Å². The second kappa shape index (κ2) is 6.30. The van der Waals surface area contributed by atoms with Crippen LogP contribution in [0.1, 0.15) is 24.1 Å². The van der Waals surface area contributed by atoms with E-state index in [1.165, 1.54) is 21.9 Å². The minimum atomic E-state index is 0.165. The van der Waals surface area contributed by atoms with Gasteiger partial charge in [0.15, 0.2) is 0 Å². The van der Waals surface area contributed by atoms with Crippen LogP contribution >= 0.6 is 11.6 Å². The van der Waals surface area contributed by atoms with E-state index in [9.17, 15) is 0 Å². The van der Waals surface area contributed by atoms with Crippen molar-refractivity contribution in [3.8, 4) is 0 Å². The van der Waals surface area contributed by atoms with Crippen molar-refractivity contribution >= 4 is 22.4 Å². The zero-order valence-electron chi connectivity index (χ0n) is 12.0. The molecule has 0 aromatic heterocycles. The maximum atomic E-state index is 6.14. The lowest BCUT2D eigenvalue weighted by molar-refractivity contribution is 0.631. The first-order chi connectivity index (χ1) is 10.3. The first-order valence-corrected chi connectivity index (χ1v) is 7.63. The van der Waals surface area contributed by atoms with E-state index in [0.717, 1.165) is 11.6 Å². The van der Waals surface area contributed by atoms with Crippen molar-refractivity contribution < 1.29 is 0 Å². The summed E-state index contributed by atoms with van der Waals surface area (Å²) in [5.74, 6) is 0. The van der Waals surface area contributed by atoms with E-state index in [1.54, 1.807) is 0 Å². The molecule has 0 fully saturated rings. The molecular weight excluding hydrogens is 278 g/mol. The molecule has 2 heteroatoms. The lowest BCUT2D eigenvalue weighted by Crippen LogP contribution is -2.21. The van der Waals surface area contributed by atoms with Gasteiger partial charge in [-0.2, -0.15) is 0 Å². The maximum Gasteiger partial charge on any atom is 0.0577 e. The van der Waals surface area contributed by atoms with Gasteiger partial charge in [0.05, 0.1) is 6.04 Å². The molecule has 0 spiro atoms. The lowest BCUT2D eigenvalue weighted by atomic mass is 9.96. The van der Waals surface area contributed by atoms with Gasteiger partial charge in [0.1, 0.15) is 0 Å². The van der Waals surface area contributed by atoms with E-state index < -0.39 is 0 Å². The van der Waals surface area contributed by atoms with Crippen LogP contribution < -0.4 is 5.32 Å². The summed E-state index contributed by atoms with van der Waals surface area (Å²) in [7, 11) is 0. The molecule has 3 aromatic rings. The molecule has 0 aliphatic carbocycles. The van der Waals surface area contributed by atoms with Gasteiger partial charge >= 0.3 is 0 Å². The quantitative estimate of drug-likeness (QED) is 0.698. The predicted octanol–water partition coefficient (Wildman–Crippen LogP) is 5.19. The fourth-order valence-corrected chi connectivity index (χ4v) is 2.90. The summed E-state index contributed by atoms with van der Waals surface area (Å²) in [6.45, 7) is 3.03. The molecule has 1 unspecified atom stereocenters. The van der Waals surface area contributed by atoms with Crippen LogP contribution in [0.15, 0.2) is 66.7 Å². The Bertz CT molecular complexity index is 751. The van der Waals surface area contributed by atoms with Gasteiger partial charge in [-0.1, -0.05) is 67.1 Å². The van der Waals surface area contributed by atoms with Crippen molar-refractivity contribution in [1.82, 2.24) is 5.32 Å². The predicted molar refractivity (Wildman–Crippen MR) is 90.9 cm³/mol. The standard InChI is InChI=1S/C19H18ClN/c1-2-21-19(16-8-5-9-18(20)13-16)17-11-10-14-6-3-4-7-15(14)12-17/h3-13,19,21H,2H2,1H3. The van der Waals surface area contributed by atoms with Gasteiger partial charge < -0.3 is 5.32 Å². The third-order valence-corrected chi connectivity index (χ3v) is 3.93. The Kier molecular flexibility index (Phi) is 4.23. The average molecular weight is 296 g/mol. The minimum absolute atomic E-state index is 0.165. The summed E-state index contributed by atoms with van der Waals surface area (Å²) < 4.78 is 0. The molecule has 0 aliphatic heterocycles. The molecule has 1 atom stereocenters. The van der Waals surface area contributed by atoms with Crippen LogP contribution in [0.25, 0.3) is 10.8 Å². The van der Waals surface area contributed by atoms with E-state index in [0.29, 0.717) is 0 Å². The Morgan fingerprint density at radius 2 is 1.62 bits per heavy atom. The Morgan fingerprint density at radius 1 is 0.857 bits per heavy atom. The third kappa shape index (κ3) is 3.10. The first-order valence-electron chi connectivity index (χ1n) is 7.25. The third-order valence-electron chi connectivity index (χ3n) is 3.70. The van der Waals surface area contributed by atoms with E-state index in [-0.39, 0.29) is 6.04 Å². The maximum absolute atomic E-state index is 6.14. The van der Waals surface area contributed by atoms with Gasteiger partial charge in [-0.25, -0.2) is 0 Å². The molecule has 0 saturated carbocycles. The van der Waals surface area contributed by atoms with Gasteiger partial charge in [-0.05, 0) is 46.6 Å². The highest BCUT2D eigenvalue weighted by Gasteiger charge is 2.13. The van der Waals surface area contributed by atoms with E-state index in [2.05, 4.69) is 60.8 Å². The highest BCUT2D eigenvalue weighted by atomic mass is 35.5. The number of benzene rings is 3. The van der Waals surface area contributed by atoms with Gasteiger partial charge in [-0.15, -0.1) is 0 Å². The number of hydrogen-bond donors (Lipinski definition) is 1. The fraction of sp³-hybridized carbons (Fsp3) is 0.158. The zero-order chi connectivity index (χ0) is 14.7. The number of rotatable bonds is 4. The molecule has 0 radical (unpaired) electrons. The molecule has 3 aromatic carbocycles. The zero-order valence-corrected chi connectivity index (χ0v) is 12.8. The topological polar surface area (TPSA) is 12.0 Å². The van der Waals surface area contributed by atoms with Crippen LogP contribution in [0.3, 0.4) is 0 Å². The number of hydrogen-bond acceptors (Lipinski definition) is 1. The van der Waals surface area contributed by atoms with Crippen LogP contribution in [-0.2, 0) is 0 Å². The molecule has 0 bridgehead atoms. The monoisotopic (exact) mass is 295 g/mol. The SMILES string of the molecule is CCNC(c1cccc(Cl)c1)c1ccc2ccccc2c1. The summed E-state index contributed by atoms with van der Waals surface area (Å²) in [4.78, 5) is 0. The summed E-state index contributed by atoms with van der Waals surface area (Å²) in [5.41, 5.74) is 2.46. The molecular formula is C19H18ClN. The second-order valence-corrected chi connectivity index (χ2v) is 5.59. The normalized spacial score (nSPS) is 12.5. The highest BCUT2D eigenvalue weighted by molar-refractivity contribution is 6.30. The Balaban J connectivity index is 2.06. The van der Waals surface area contributed by atoms with Crippen LogP contribution in [0.5, 0.6) is 0 Å². The minimum Gasteiger partial charge on any atom is -0.307 e. The van der Waals surface area contributed by atoms with Crippen LogP contribution in [0, 0.1) is 0 Å². The van der Waals surface area contributed by atoms with E-state index >= 15 is 0 Å². The molecule has 1 N–H and O–H groups in total. The second-order valence-electron chi connectivity index (χ2n) is 5.15. The van der Waals surface area contributed by atoms with Crippen molar-refractivity contribution in [3.05, 3.63) is 82.9 Å². The molecule has 3 rings (SSSR count). The van der Waals surface area contributed by atoms with Gasteiger partial charge in [0.2, 0.25) is 0 Å². The van der Waals surface area contributed by atoms with Gasteiger partial charge in [0, 0.05) is 5.02 Å². The van der Waals surface area contributed by atoms with Crippen molar-refractivity contribution in [1.29, 1.82) is 0 Å². The molecule has 106 valence electrons. The Hall–Kier alpha value is -1.83. The molecule has 0 heterocycles. The molecule has 1 nitrogen and oxygen atoms in total. The van der Waals surface area contributed by atoms with Crippen molar-refractivity contribution in [3.63, 3.8) is 0 Å². The smallest absolute Gasteiger partial charge is 0.0577 e. The summed E-state index contributed by atoms with van der Waals surface area (Å²) >= 11 is 6.14. The van der Waals surface area contributed by atoms with Crippen LogP contribution in [0.4, 0.5) is 0 Å². The van der Waals surface area contributed by atoms with Crippen LogP contribution in [-0.4, -0.2) is 6.54 Å².